The quantitative estimate of drug-likeness (QED) is 0.587. The van der Waals surface area contributed by atoms with Crippen LogP contribution in [0.5, 0.6) is 0 Å². The topological polar surface area (TPSA) is 39.2 Å². The molecule has 0 saturated heterocycles. The Hall–Kier alpha value is -1.09. The predicted octanol–water partition coefficient (Wildman–Crippen LogP) is 2.86. The van der Waals surface area contributed by atoms with Crippen LogP contribution in [0.3, 0.4) is 0 Å². The van der Waals surface area contributed by atoms with Gasteiger partial charge in [0.05, 0.1) is 12.2 Å². The second-order valence-electron chi connectivity index (χ2n) is 3.14. The molecule has 0 aliphatic rings. The smallest absolute Gasteiger partial charge is 0.338 e. The van der Waals surface area contributed by atoms with Crippen LogP contribution < -0.4 is 0 Å². The highest BCUT2D eigenvalue weighted by Gasteiger charge is 2.09. The highest BCUT2D eigenvalue weighted by Crippen LogP contribution is 2.13. The van der Waals surface area contributed by atoms with Gasteiger partial charge in [-0.25, -0.2) is 9.78 Å². The summed E-state index contributed by atoms with van der Waals surface area (Å²) in [6, 6.07) is 3.26. The lowest BCUT2D eigenvalue weighted by Crippen LogP contribution is -2.06. The third kappa shape index (κ3) is 3.51. The zero-order valence-electron chi connectivity index (χ0n) is 8.92. The molecule has 0 bridgehead atoms. The lowest BCUT2D eigenvalue weighted by atomic mass is 10.2. The van der Waals surface area contributed by atoms with Gasteiger partial charge in [-0.05, 0) is 25.5 Å². The van der Waals surface area contributed by atoms with Crippen molar-refractivity contribution in [3.05, 3.63) is 28.5 Å². The van der Waals surface area contributed by atoms with Gasteiger partial charge < -0.3 is 4.74 Å². The SMILES string of the molecule is CCCc1cc(C(=O)OCC)cc(Cl)n1. The van der Waals surface area contributed by atoms with E-state index in [0.29, 0.717) is 17.3 Å². The summed E-state index contributed by atoms with van der Waals surface area (Å²) in [5.41, 5.74) is 1.30. The molecule has 4 heteroatoms. The van der Waals surface area contributed by atoms with Gasteiger partial charge in [0.1, 0.15) is 5.15 Å². The first kappa shape index (κ1) is 12.0. The van der Waals surface area contributed by atoms with Crippen molar-refractivity contribution >= 4 is 17.6 Å². The first-order valence-electron chi connectivity index (χ1n) is 5.01. The van der Waals surface area contributed by atoms with E-state index in [0.717, 1.165) is 18.5 Å². The largest absolute Gasteiger partial charge is 0.462 e. The van der Waals surface area contributed by atoms with Crippen LogP contribution in [0.2, 0.25) is 5.15 Å². The summed E-state index contributed by atoms with van der Waals surface area (Å²) >= 11 is 5.81. The minimum atomic E-state index is -0.348. The molecule has 0 aliphatic carbocycles. The van der Waals surface area contributed by atoms with Gasteiger partial charge in [0.2, 0.25) is 0 Å². The molecule has 3 nitrogen and oxygen atoms in total. The van der Waals surface area contributed by atoms with Gasteiger partial charge in [0.25, 0.3) is 0 Å². The first-order valence-corrected chi connectivity index (χ1v) is 5.38. The van der Waals surface area contributed by atoms with E-state index in [2.05, 4.69) is 4.98 Å². The van der Waals surface area contributed by atoms with Gasteiger partial charge in [-0.15, -0.1) is 0 Å². The van der Waals surface area contributed by atoms with Crippen LogP contribution in [0.4, 0.5) is 0 Å². The minimum absolute atomic E-state index is 0.337. The van der Waals surface area contributed by atoms with Crippen LogP contribution in [-0.4, -0.2) is 17.6 Å². The number of pyridine rings is 1. The van der Waals surface area contributed by atoms with E-state index in [1.165, 1.54) is 6.07 Å². The molecule has 0 saturated carbocycles. The second-order valence-corrected chi connectivity index (χ2v) is 3.53. The Morgan fingerprint density at radius 1 is 1.47 bits per heavy atom. The first-order chi connectivity index (χ1) is 7.17. The molecule has 1 heterocycles. The highest BCUT2D eigenvalue weighted by molar-refractivity contribution is 6.29. The number of ether oxygens (including phenoxy) is 1. The molecule has 1 rings (SSSR count). The maximum Gasteiger partial charge on any atom is 0.338 e. The van der Waals surface area contributed by atoms with Crippen molar-refractivity contribution < 1.29 is 9.53 Å². The summed E-state index contributed by atoms with van der Waals surface area (Å²) in [6.45, 7) is 4.18. The number of carbonyl (C=O) groups is 1. The third-order valence-electron chi connectivity index (χ3n) is 1.86. The number of nitrogens with zero attached hydrogens (tertiary/aromatic N) is 1. The Morgan fingerprint density at radius 2 is 2.20 bits per heavy atom. The monoisotopic (exact) mass is 227 g/mol. The summed E-state index contributed by atoms with van der Waals surface area (Å²) in [4.78, 5) is 15.6. The van der Waals surface area contributed by atoms with Gasteiger partial charge in [0.15, 0.2) is 0 Å². The fourth-order valence-electron chi connectivity index (χ4n) is 1.27. The van der Waals surface area contributed by atoms with Crippen LogP contribution in [0, 0.1) is 0 Å². The average Bonchev–Trinajstić information content (AvgIpc) is 2.17. The fourth-order valence-corrected chi connectivity index (χ4v) is 1.49. The van der Waals surface area contributed by atoms with Crippen molar-refractivity contribution in [3.63, 3.8) is 0 Å². The molecule has 0 N–H and O–H groups in total. The molecule has 0 fully saturated rings. The normalized spacial score (nSPS) is 10.1. The van der Waals surface area contributed by atoms with Crippen molar-refractivity contribution in [1.82, 2.24) is 4.98 Å². The number of aromatic nitrogens is 1. The lowest BCUT2D eigenvalue weighted by Gasteiger charge is -2.04. The number of rotatable bonds is 4. The van der Waals surface area contributed by atoms with E-state index in [1.807, 2.05) is 6.92 Å². The Kier molecular flexibility index (Phi) is 4.56. The Bertz CT molecular complexity index is 352. The number of hydrogen-bond acceptors (Lipinski definition) is 3. The average molecular weight is 228 g/mol. The van der Waals surface area contributed by atoms with E-state index >= 15 is 0 Å². The van der Waals surface area contributed by atoms with Gasteiger partial charge >= 0.3 is 5.97 Å². The van der Waals surface area contributed by atoms with E-state index in [-0.39, 0.29) is 5.97 Å². The van der Waals surface area contributed by atoms with Gasteiger partial charge in [0, 0.05) is 5.69 Å². The minimum Gasteiger partial charge on any atom is -0.462 e. The van der Waals surface area contributed by atoms with E-state index in [4.69, 9.17) is 16.3 Å². The lowest BCUT2D eigenvalue weighted by molar-refractivity contribution is 0.0526. The third-order valence-corrected chi connectivity index (χ3v) is 2.06. The summed E-state index contributed by atoms with van der Waals surface area (Å²) in [7, 11) is 0. The van der Waals surface area contributed by atoms with Crippen LogP contribution >= 0.6 is 11.6 Å². The summed E-state index contributed by atoms with van der Waals surface area (Å²) < 4.78 is 4.89. The molecule has 82 valence electrons. The molecular formula is C11H14ClNO2. The molecule has 1 aromatic rings. The maximum absolute atomic E-state index is 11.4. The van der Waals surface area contributed by atoms with Gasteiger partial charge in [-0.1, -0.05) is 24.9 Å². The molecule has 0 amide bonds. The van der Waals surface area contributed by atoms with Gasteiger partial charge in [-0.3, -0.25) is 0 Å². The fraction of sp³-hybridized carbons (Fsp3) is 0.455. The molecule has 15 heavy (non-hydrogen) atoms. The van der Waals surface area contributed by atoms with E-state index in [1.54, 1.807) is 13.0 Å². The number of esters is 1. The van der Waals surface area contributed by atoms with Crippen molar-refractivity contribution in [2.45, 2.75) is 26.7 Å². The molecule has 0 aliphatic heterocycles. The van der Waals surface area contributed by atoms with Crippen molar-refractivity contribution in [3.8, 4) is 0 Å². The number of hydrogen-bond donors (Lipinski definition) is 0. The van der Waals surface area contributed by atoms with Crippen molar-refractivity contribution in [1.29, 1.82) is 0 Å². The molecule has 0 radical (unpaired) electrons. The zero-order valence-corrected chi connectivity index (χ0v) is 9.67. The van der Waals surface area contributed by atoms with E-state index in [9.17, 15) is 4.79 Å². The van der Waals surface area contributed by atoms with Crippen LogP contribution in [-0.2, 0) is 11.2 Å². The molecule has 0 atom stereocenters. The highest BCUT2D eigenvalue weighted by atomic mass is 35.5. The summed E-state index contributed by atoms with van der Waals surface area (Å²) in [5.74, 6) is -0.348. The standard InChI is InChI=1S/C11H14ClNO2/c1-3-5-9-6-8(7-10(12)13-9)11(14)15-4-2/h6-7H,3-5H2,1-2H3. The summed E-state index contributed by atoms with van der Waals surface area (Å²) in [5, 5.41) is 0.337. The predicted molar refractivity (Wildman–Crippen MR) is 59.2 cm³/mol. The van der Waals surface area contributed by atoms with Crippen LogP contribution in [0.1, 0.15) is 36.3 Å². The second kappa shape index (κ2) is 5.71. The number of carbonyl (C=O) groups excluding carboxylic acids is 1. The molecule has 0 aromatic carbocycles. The zero-order chi connectivity index (χ0) is 11.3. The number of halogens is 1. The molecular weight excluding hydrogens is 214 g/mol. The number of aryl methyl sites for hydroxylation is 1. The van der Waals surface area contributed by atoms with Gasteiger partial charge in [-0.2, -0.15) is 0 Å². The Morgan fingerprint density at radius 3 is 2.80 bits per heavy atom. The molecule has 0 spiro atoms. The van der Waals surface area contributed by atoms with Crippen LogP contribution in [0.15, 0.2) is 12.1 Å². The summed E-state index contributed by atoms with van der Waals surface area (Å²) in [6.07, 6.45) is 1.78. The van der Waals surface area contributed by atoms with Crippen molar-refractivity contribution in [2.24, 2.45) is 0 Å². The Balaban J connectivity index is 2.92. The molecule has 1 aromatic heterocycles. The Labute approximate surface area is 94.4 Å². The maximum atomic E-state index is 11.4. The molecule has 0 unspecified atom stereocenters. The van der Waals surface area contributed by atoms with E-state index < -0.39 is 0 Å². The van der Waals surface area contributed by atoms with Crippen LogP contribution in [0.25, 0.3) is 0 Å². The van der Waals surface area contributed by atoms with Crippen molar-refractivity contribution in [2.75, 3.05) is 6.61 Å².